The van der Waals surface area contributed by atoms with Crippen LogP contribution >= 0.6 is 0 Å². The summed E-state index contributed by atoms with van der Waals surface area (Å²) in [6.45, 7) is 2.90. The largest absolute Gasteiger partial charge is 0.478 e. The summed E-state index contributed by atoms with van der Waals surface area (Å²) in [7, 11) is 0. The van der Waals surface area contributed by atoms with Crippen LogP contribution in [0.1, 0.15) is 12.5 Å². The Balaban J connectivity index is 1.73. The van der Waals surface area contributed by atoms with Crippen molar-refractivity contribution >= 4 is 12.0 Å². The minimum atomic E-state index is -0.965. The predicted molar refractivity (Wildman–Crippen MR) is 146 cm³/mol. The van der Waals surface area contributed by atoms with Crippen LogP contribution in [-0.4, -0.2) is 20.6 Å². The lowest BCUT2D eigenvalue weighted by atomic mass is 9.97. The van der Waals surface area contributed by atoms with Gasteiger partial charge in [-0.2, -0.15) is 0 Å². The Labute approximate surface area is 210 Å². The maximum atomic E-state index is 11.0. The lowest BCUT2D eigenvalue weighted by Crippen LogP contribution is -2.01. The first-order valence-corrected chi connectivity index (χ1v) is 12.0. The van der Waals surface area contributed by atoms with Gasteiger partial charge in [0.2, 0.25) is 0 Å². The number of hydrogen-bond donors (Lipinski definition) is 1. The molecule has 4 nitrogen and oxygen atoms in total. The summed E-state index contributed by atoms with van der Waals surface area (Å²) in [5.41, 5.74) is 8.14. The van der Waals surface area contributed by atoms with Crippen molar-refractivity contribution in [1.82, 2.24) is 9.55 Å². The third-order valence-electron chi connectivity index (χ3n) is 6.16. The summed E-state index contributed by atoms with van der Waals surface area (Å²) in [4.78, 5) is 16.2. The van der Waals surface area contributed by atoms with E-state index in [0.29, 0.717) is 0 Å². The topological polar surface area (TPSA) is 55.1 Å². The average molecular weight is 471 g/mol. The fourth-order valence-electron chi connectivity index (χ4n) is 4.56. The fourth-order valence-corrected chi connectivity index (χ4v) is 4.56. The highest BCUT2D eigenvalue weighted by molar-refractivity contribution is 5.88. The van der Waals surface area contributed by atoms with Crippen molar-refractivity contribution in [2.75, 3.05) is 0 Å². The van der Waals surface area contributed by atoms with E-state index in [-0.39, 0.29) is 0 Å². The normalized spacial score (nSPS) is 11.1. The zero-order valence-electron chi connectivity index (χ0n) is 20.0. The summed E-state index contributed by atoms with van der Waals surface area (Å²) < 4.78 is 2.28. The molecule has 4 aromatic carbocycles. The van der Waals surface area contributed by atoms with Crippen LogP contribution in [-0.2, 0) is 11.3 Å². The molecule has 0 amide bonds. The standard InChI is InChI=1S/C32H26N2O2/c1-2-34-31(25-15-7-4-8-16-25)30(24-13-5-3-6-14-24)33-32(34)28-19-10-9-18-27(28)26-17-11-12-23(22-26)20-21-29(35)36/h3-22H,2H2,1H3,(H,35,36). The maximum absolute atomic E-state index is 11.0. The Morgan fingerprint density at radius 3 is 2.06 bits per heavy atom. The first-order chi connectivity index (χ1) is 17.7. The Hall–Kier alpha value is -4.70. The average Bonchev–Trinajstić information content (AvgIpc) is 3.32. The van der Waals surface area contributed by atoms with Crippen LogP contribution < -0.4 is 0 Å². The molecule has 0 unspecified atom stereocenters. The smallest absolute Gasteiger partial charge is 0.328 e. The molecule has 0 aliphatic heterocycles. The molecule has 36 heavy (non-hydrogen) atoms. The maximum Gasteiger partial charge on any atom is 0.328 e. The zero-order valence-corrected chi connectivity index (χ0v) is 20.0. The van der Waals surface area contributed by atoms with Crippen LogP contribution in [0.5, 0.6) is 0 Å². The minimum absolute atomic E-state index is 0.759. The van der Waals surface area contributed by atoms with Gasteiger partial charge in [0.1, 0.15) is 5.82 Å². The highest BCUT2D eigenvalue weighted by Crippen LogP contribution is 2.39. The quantitative estimate of drug-likeness (QED) is 0.248. The van der Waals surface area contributed by atoms with Gasteiger partial charge in [-0.05, 0) is 35.8 Å². The van der Waals surface area contributed by atoms with Crippen molar-refractivity contribution in [3.8, 4) is 45.0 Å². The number of aromatic nitrogens is 2. The number of carboxylic acids is 1. The molecular formula is C32H26N2O2. The van der Waals surface area contributed by atoms with Crippen molar-refractivity contribution in [3.63, 3.8) is 0 Å². The lowest BCUT2D eigenvalue weighted by molar-refractivity contribution is -0.131. The molecule has 176 valence electrons. The summed E-state index contributed by atoms with van der Waals surface area (Å²) >= 11 is 0. The van der Waals surface area contributed by atoms with Crippen molar-refractivity contribution < 1.29 is 9.90 Å². The molecule has 0 aliphatic rings. The van der Waals surface area contributed by atoms with Gasteiger partial charge in [0.25, 0.3) is 0 Å². The van der Waals surface area contributed by atoms with E-state index in [9.17, 15) is 4.79 Å². The zero-order chi connectivity index (χ0) is 24.9. The van der Waals surface area contributed by atoms with E-state index in [1.165, 1.54) is 0 Å². The number of hydrogen-bond acceptors (Lipinski definition) is 2. The van der Waals surface area contributed by atoms with Gasteiger partial charge in [0.05, 0.1) is 11.4 Å². The van der Waals surface area contributed by atoms with E-state index < -0.39 is 5.97 Å². The van der Waals surface area contributed by atoms with Gasteiger partial charge in [-0.3, -0.25) is 0 Å². The van der Waals surface area contributed by atoms with Crippen LogP contribution in [0.2, 0.25) is 0 Å². The number of carboxylic acid groups (broad SMARTS) is 1. The van der Waals surface area contributed by atoms with Crippen molar-refractivity contribution in [2.45, 2.75) is 13.5 Å². The van der Waals surface area contributed by atoms with Crippen molar-refractivity contribution in [3.05, 3.63) is 121 Å². The van der Waals surface area contributed by atoms with Gasteiger partial charge >= 0.3 is 5.97 Å². The van der Waals surface area contributed by atoms with E-state index in [0.717, 1.165) is 63.2 Å². The van der Waals surface area contributed by atoms with E-state index in [1.54, 1.807) is 6.08 Å². The first kappa shape index (κ1) is 23.1. The Morgan fingerprint density at radius 1 is 0.778 bits per heavy atom. The van der Waals surface area contributed by atoms with E-state index in [1.807, 2.05) is 60.7 Å². The molecule has 0 spiro atoms. The summed E-state index contributed by atoms with van der Waals surface area (Å²) in [6.07, 6.45) is 2.77. The summed E-state index contributed by atoms with van der Waals surface area (Å²) in [6, 6.07) is 36.9. The number of imidazole rings is 1. The van der Waals surface area contributed by atoms with E-state index in [2.05, 4.69) is 60.0 Å². The second-order valence-electron chi connectivity index (χ2n) is 8.45. The monoisotopic (exact) mass is 470 g/mol. The molecule has 5 aromatic rings. The first-order valence-electron chi connectivity index (χ1n) is 12.0. The Kier molecular flexibility index (Phi) is 6.59. The van der Waals surface area contributed by atoms with Crippen LogP contribution in [0.15, 0.2) is 115 Å². The molecule has 4 heteroatoms. The summed E-state index contributed by atoms with van der Waals surface area (Å²) in [5, 5.41) is 9.03. The Morgan fingerprint density at radius 2 is 1.39 bits per heavy atom. The Bertz CT molecular complexity index is 1530. The highest BCUT2D eigenvalue weighted by atomic mass is 16.4. The molecule has 0 bridgehead atoms. The predicted octanol–water partition coefficient (Wildman–Crippen LogP) is 7.67. The third kappa shape index (κ3) is 4.62. The van der Waals surface area contributed by atoms with Crippen LogP contribution in [0.25, 0.3) is 51.1 Å². The number of aliphatic carboxylic acids is 1. The number of nitrogens with zero attached hydrogens (tertiary/aromatic N) is 2. The van der Waals surface area contributed by atoms with E-state index in [4.69, 9.17) is 10.1 Å². The second-order valence-corrected chi connectivity index (χ2v) is 8.45. The lowest BCUT2D eigenvalue weighted by Gasteiger charge is -2.14. The summed E-state index contributed by atoms with van der Waals surface area (Å²) in [5.74, 6) is -0.0649. The van der Waals surface area contributed by atoms with Crippen LogP contribution in [0.3, 0.4) is 0 Å². The molecule has 0 saturated heterocycles. The number of rotatable bonds is 7. The van der Waals surface area contributed by atoms with Crippen LogP contribution in [0, 0.1) is 0 Å². The number of carbonyl (C=O) groups is 1. The van der Waals surface area contributed by atoms with Gasteiger partial charge < -0.3 is 9.67 Å². The molecule has 0 fully saturated rings. The molecule has 0 saturated carbocycles. The number of benzene rings is 4. The molecule has 0 atom stereocenters. The fraction of sp³-hybridized carbons (Fsp3) is 0.0625. The van der Waals surface area contributed by atoms with Crippen molar-refractivity contribution in [2.24, 2.45) is 0 Å². The van der Waals surface area contributed by atoms with Crippen LogP contribution in [0.4, 0.5) is 0 Å². The molecule has 0 radical (unpaired) electrons. The SMILES string of the molecule is CCn1c(-c2ccccc2-c2cccc(C=CC(=O)O)c2)nc(-c2ccccc2)c1-c1ccccc1. The molecule has 5 rings (SSSR count). The van der Waals surface area contributed by atoms with Gasteiger partial charge in [0.15, 0.2) is 0 Å². The van der Waals surface area contributed by atoms with Gasteiger partial charge in [0, 0.05) is 29.3 Å². The van der Waals surface area contributed by atoms with Crippen molar-refractivity contribution in [1.29, 1.82) is 0 Å². The second kappa shape index (κ2) is 10.3. The van der Waals surface area contributed by atoms with Gasteiger partial charge in [-0.15, -0.1) is 0 Å². The molecule has 1 N–H and O–H groups in total. The minimum Gasteiger partial charge on any atom is -0.478 e. The molecule has 1 heterocycles. The van der Waals surface area contributed by atoms with Gasteiger partial charge in [-0.1, -0.05) is 103 Å². The molecular weight excluding hydrogens is 444 g/mol. The van der Waals surface area contributed by atoms with Gasteiger partial charge in [-0.25, -0.2) is 9.78 Å². The highest BCUT2D eigenvalue weighted by Gasteiger charge is 2.22. The van der Waals surface area contributed by atoms with E-state index >= 15 is 0 Å². The molecule has 1 aromatic heterocycles. The molecule has 0 aliphatic carbocycles. The third-order valence-corrected chi connectivity index (χ3v) is 6.16.